The molecule has 1 rings (SSSR count). The first-order valence-electron chi connectivity index (χ1n) is 2.65. The van der Waals surface area contributed by atoms with Crippen molar-refractivity contribution in [3.8, 4) is 6.07 Å². The number of rotatable bonds is 1. The molecule has 2 heteroatoms. The van der Waals surface area contributed by atoms with Crippen LogP contribution in [0.25, 0.3) is 0 Å². The lowest BCUT2D eigenvalue weighted by Gasteiger charge is -1.82. The zero-order chi connectivity index (χ0) is 6.53. The average Bonchev–Trinajstić information content (AvgIpc) is 1.91. The molecule has 0 amide bonds. The highest BCUT2D eigenvalue weighted by molar-refractivity contribution is 4.81. The van der Waals surface area contributed by atoms with E-state index < -0.39 is 0 Å². The van der Waals surface area contributed by atoms with Crippen LogP contribution in [-0.2, 0) is 6.54 Å². The maximum atomic E-state index is 8.24. The number of pyridine rings is 1. The molecule has 0 aliphatic rings. The SMILES string of the molecule is N#CC[n+]1cc[c]cc1. The van der Waals surface area contributed by atoms with E-state index in [1.54, 1.807) is 16.7 Å². The molecule has 0 aromatic carbocycles. The van der Waals surface area contributed by atoms with Gasteiger partial charge < -0.3 is 0 Å². The zero-order valence-electron chi connectivity index (χ0n) is 4.91. The van der Waals surface area contributed by atoms with Gasteiger partial charge in [-0.05, 0) is 6.07 Å². The Balaban J connectivity index is 2.76. The van der Waals surface area contributed by atoms with Crippen molar-refractivity contribution >= 4 is 0 Å². The summed E-state index contributed by atoms with van der Waals surface area (Å²) in [6.07, 6.45) is 3.62. The van der Waals surface area contributed by atoms with Gasteiger partial charge in [0.05, 0.1) is 0 Å². The van der Waals surface area contributed by atoms with Crippen LogP contribution in [0.5, 0.6) is 0 Å². The second-order valence-electron chi connectivity index (χ2n) is 1.63. The summed E-state index contributed by atoms with van der Waals surface area (Å²) in [5, 5.41) is 8.24. The van der Waals surface area contributed by atoms with E-state index in [2.05, 4.69) is 6.07 Å². The first kappa shape index (κ1) is 5.77. The molecule has 0 spiro atoms. The Labute approximate surface area is 54.0 Å². The largest absolute Gasteiger partial charge is 0.233 e. The summed E-state index contributed by atoms with van der Waals surface area (Å²) in [4.78, 5) is 0. The Kier molecular flexibility index (Phi) is 1.81. The van der Waals surface area contributed by atoms with Crippen molar-refractivity contribution in [3.63, 3.8) is 0 Å². The second-order valence-corrected chi connectivity index (χ2v) is 1.63. The van der Waals surface area contributed by atoms with Crippen LogP contribution < -0.4 is 4.57 Å². The summed E-state index contributed by atoms with van der Waals surface area (Å²) >= 11 is 0. The van der Waals surface area contributed by atoms with Gasteiger partial charge in [0.25, 0.3) is 0 Å². The molecular formula is C7H6N2+. The Hall–Kier alpha value is -1.36. The first-order valence-corrected chi connectivity index (χ1v) is 2.65. The van der Waals surface area contributed by atoms with E-state index in [4.69, 9.17) is 5.26 Å². The van der Waals surface area contributed by atoms with Crippen molar-refractivity contribution < 1.29 is 4.57 Å². The molecule has 0 aliphatic heterocycles. The Morgan fingerprint density at radius 1 is 1.44 bits per heavy atom. The highest BCUT2D eigenvalue weighted by Crippen LogP contribution is 1.73. The Bertz CT molecular complexity index is 210. The lowest BCUT2D eigenvalue weighted by Crippen LogP contribution is -2.31. The van der Waals surface area contributed by atoms with Crippen LogP contribution >= 0.6 is 0 Å². The first-order chi connectivity index (χ1) is 4.43. The summed E-state index contributed by atoms with van der Waals surface area (Å²) in [7, 11) is 0. The van der Waals surface area contributed by atoms with Crippen LogP contribution in [0.15, 0.2) is 24.5 Å². The summed E-state index contributed by atoms with van der Waals surface area (Å²) in [5.41, 5.74) is 0. The summed E-state index contributed by atoms with van der Waals surface area (Å²) in [6.45, 7) is 0.411. The Morgan fingerprint density at radius 2 is 2.11 bits per heavy atom. The van der Waals surface area contributed by atoms with E-state index in [-0.39, 0.29) is 0 Å². The standard InChI is InChI=1S/C7H6N2/c8-4-7-9-5-2-1-3-6-9/h2-3,5-6H,7H2/q+1. The molecule has 0 unspecified atom stereocenters. The maximum absolute atomic E-state index is 8.24. The number of nitriles is 1. The third-order valence-corrected chi connectivity index (χ3v) is 0.978. The van der Waals surface area contributed by atoms with E-state index in [0.717, 1.165) is 0 Å². The van der Waals surface area contributed by atoms with Crippen molar-refractivity contribution in [1.29, 1.82) is 5.26 Å². The highest BCUT2D eigenvalue weighted by atomic mass is 14.9. The molecule has 1 radical (unpaired) electrons. The van der Waals surface area contributed by atoms with E-state index in [1.807, 2.05) is 18.5 Å². The van der Waals surface area contributed by atoms with Gasteiger partial charge >= 0.3 is 0 Å². The molecule has 0 fully saturated rings. The fraction of sp³-hybridized carbons (Fsp3) is 0.143. The summed E-state index contributed by atoms with van der Waals surface area (Å²) in [6, 6.07) is 8.44. The average molecular weight is 118 g/mol. The van der Waals surface area contributed by atoms with Gasteiger partial charge in [-0.15, -0.1) is 0 Å². The maximum Gasteiger partial charge on any atom is 0.233 e. The molecule has 1 aromatic rings. The number of nitrogens with zero attached hydrogens (tertiary/aromatic N) is 2. The molecular weight excluding hydrogens is 112 g/mol. The molecule has 43 valence electrons. The lowest BCUT2D eigenvalue weighted by molar-refractivity contribution is -0.685. The molecule has 9 heavy (non-hydrogen) atoms. The summed E-state index contributed by atoms with van der Waals surface area (Å²) < 4.78 is 1.79. The minimum Gasteiger partial charge on any atom is -0.191 e. The lowest BCUT2D eigenvalue weighted by atomic mass is 10.5. The second kappa shape index (κ2) is 2.83. The number of hydrogen-bond acceptors (Lipinski definition) is 1. The van der Waals surface area contributed by atoms with Gasteiger partial charge in [0, 0.05) is 12.1 Å². The molecule has 2 nitrogen and oxygen atoms in total. The van der Waals surface area contributed by atoms with Crippen molar-refractivity contribution in [2.45, 2.75) is 6.54 Å². The topological polar surface area (TPSA) is 27.7 Å². The molecule has 1 aromatic heterocycles. The predicted octanol–water partition coefficient (Wildman–Crippen LogP) is 0.298. The van der Waals surface area contributed by atoms with Crippen LogP contribution in [0.4, 0.5) is 0 Å². The minimum absolute atomic E-state index is 0.411. The van der Waals surface area contributed by atoms with Gasteiger partial charge in [-0.2, -0.15) is 9.83 Å². The molecule has 0 saturated heterocycles. The quantitative estimate of drug-likeness (QED) is 0.487. The van der Waals surface area contributed by atoms with Gasteiger partial charge in [0.1, 0.15) is 6.07 Å². The molecule has 0 bridgehead atoms. The van der Waals surface area contributed by atoms with Crippen molar-refractivity contribution in [3.05, 3.63) is 30.6 Å². The van der Waals surface area contributed by atoms with Gasteiger partial charge in [-0.3, -0.25) is 0 Å². The van der Waals surface area contributed by atoms with Gasteiger partial charge in [-0.1, -0.05) is 0 Å². The van der Waals surface area contributed by atoms with E-state index in [1.165, 1.54) is 0 Å². The van der Waals surface area contributed by atoms with Gasteiger partial charge in [0.2, 0.25) is 6.54 Å². The molecule has 1 heterocycles. The third-order valence-electron chi connectivity index (χ3n) is 0.978. The van der Waals surface area contributed by atoms with Crippen LogP contribution in [0.2, 0.25) is 0 Å². The van der Waals surface area contributed by atoms with Crippen LogP contribution in [-0.4, -0.2) is 0 Å². The van der Waals surface area contributed by atoms with Crippen LogP contribution in [0, 0.1) is 17.4 Å². The zero-order valence-corrected chi connectivity index (χ0v) is 4.91. The highest BCUT2D eigenvalue weighted by Gasteiger charge is 1.91. The summed E-state index contributed by atoms with van der Waals surface area (Å²) in [5.74, 6) is 0. The van der Waals surface area contributed by atoms with Crippen molar-refractivity contribution in [1.82, 2.24) is 0 Å². The smallest absolute Gasteiger partial charge is 0.191 e. The molecule has 0 aliphatic carbocycles. The number of hydrogen-bond donors (Lipinski definition) is 0. The number of aromatic nitrogens is 1. The minimum atomic E-state index is 0.411. The van der Waals surface area contributed by atoms with E-state index in [0.29, 0.717) is 6.54 Å². The van der Waals surface area contributed by atoms with E-state index in [9.17, 15) is 0 Å². The van der Waals surface area contributed by atoms with Gasteiger partial charge in [0.15, 0.2) is 12.4 Å². The normalized spacial score (nSPS) is 8.33. The Morgan fingerprint density at radius 3 is 2.67 bits per heavy atom. The fourth-order valence-electron chi connectivity index (χ4n) is 0.570. The van der Waals surface area contributed by atoms with Crippen molar-refractivity contribution in [2.75, 3.05) is 0 Å². The van der Waals surface area contributed by atoms with Gasteiger partial charge in [-0.25, -0.2) is 0 Å². The molecule has 0 saturated carbocycles. The van der Waals surface area contributed by atoms with E-state index >= 15 is 0 Å². The molecule has 0 N–H and O–H groups in total. The fourth-order valence-corrected chi connectivity index (χ4v) is 0.570. The van der Waals surface area contributed by atoms with Crippen LogP contribution in [0.3, 0.4) is 0 Å². The predicted molar refractivity (Wildman–Crippen MR) is 31.1 cm³/mol. The van der Waals surface area contributed by atoms with Crippen LogP contribution in [0.1, 0.15) is 0 Å². The van der Waals surface area contributed by atoms with Crippen molar-refractivity contribution in [2.24, 2.45) is 0 Å². The monoisotopic (exact) mass is 118 g/mol. The third kappa shape index (κ3) is 1.54. The molecule has 0 atom stereocenters.